The Labute approximate surface area is 107 Å². The fraction of sp³-hybridized carbons (Fsp3) is 1.00. The molecule has 0 amide bonds. The second-order valence-electron chi connectivity index (χ2n) is 5.67. The molecule has 1 N–H and O–H groups in total. The molecule has 2 atom stereocenters. The van der Waals surface area contributed by atoms with Gasteiger partial charge in [0.1, 0.15) is 0 Å². The van der Waals surface area contributed by atoms with Crippen molar-refractivity contribution in [3.63, 3.8) is 0 Å². The number of halogens is 1. The van der Waals surface area contributed by atoms with Crippen molar-refractivity contribution in [2.45, 2.75) is 71.6 Å². The zero-order valence-electron chi connectivity index (χ0n) is 11.9. The first-order valence-corrected chi connectivity index (χ1v) is 7.70. The smallest absolute Gasteiger partial charge is 0.0799 e. The third kappa shape index (κ3) is 7.75. The normalized spacial score (nSPS) is 24.4. The molecule has 1 nitrogen and oxygen atoms in total. The molecular formula is C15H32FN. The van der Waals surface area contributed by atoms with E-state index in [2.05, 4.69) is 13.8 Å². The van der Waals surface area contributed by atoms with Gasteiger partial charge in [0, 0.05) is 5.92 Å². The van der Waals surface area contributed by atoms with Crippen LogP contribution in [-0.2, 0) is 0 Å². The monoisotopic (exact) mass is 245 g/mol. The first-order valence-electron chi connectivity index (χ1n) is 7.70. The highest BCUT2D eigenvalue weighted by Crippen LogP contribution is 2.14. The molecule has 1 rings (SSSR count). The van der Waals surface area contributed by atoms with Gasteiger partial charge in [0.25, 0.3) is 0 Å². The molecular weight excluding hydrogens is 213 g/mol. The maximum atomic E-state index is 2.32. The highest BCUT2D eigenvalue weighted by molar-refractivity contribution is 4.61. The van der Waals surface area contributed by atoms with Crippen LogP contribution in [0, 0.1) is 5.92 Å². The van der Waals surface area contributed by atoms with E-state index in [1.807, 2.05) is 4.90 Å². The van der Waals surface area contributed by atoms with Crippen molar-refractivity contribution >= 4 is 0 Å². The minimum Gasteiger partial charge on any atom is -1.00 e. The Bertz CT molecular complexity index is 161. The molecule has 2 heteroatoms. The van der Waals surface area contributed by atoms with Gasteiger partial charge in [-0.3, -0.25) is 0 Å². The second kappa shape index (κ2) is 11.0. The van der Waals surface area contributed by atoms with E-state index in [9.17, 15) is 0 Å². The summed E-state index contributed by atoms with van der Waals surface area (Å²) in [4.78, 5) is 1.91. The number of nitrogens with one attached hydrogen (secondary N) is 1. The van der Waals surface area contributed by atoms with Gasteiger partial charge in [-0.2, -0.15) is 0 Å². The molecule has 0 spiro atoms. The SMILES string of the molecule is CCCCCC[NH+]1CCCC(CCCC)C1.[F-]. The highest BCUT2D eigenvalue weighted by Gasteiger charge is 2.21. The Morgan fingerprint density at radius 1 is 1.00 bits per heavy atom. The molecule has 17 heavy (non-hydrogen) atoms. The summed E-state index contributed by atoms with van der Waals surface area (Å²) in [6.07, 6.45) is 13.0. The third-order valence-electron chi connectivity index (χ3n) is 4.07. The maximum absolute atomic E-state index is 2.32. The van der Waals surface area contributed by atoms with Gasteiger partial charge in [-0.15, -0.1) is 0 Å². The zero-order chi connectivity index (χ0) is 11.6. The molecule has 1 heterocycles. The molecule has 0 aromatic rings. The number of unbranched alkanes of at least 4 members (excludes halogenated alkanes) is 4. The summed E-state index contributed by atoms with van der Waals surface area (Å²) >= 11 is 0. The van der Waals surface area contributed by atoms with Crippen molar-refractivity contribution in [2.24, 2.45) is 5.92 Å². The third-order valence-corrected chi connectivity index (χ3v) is 4.07. The van der Waals surface area contributed by atoms with Crippen molar-refractivity contribution in [1.29, 1.82) is 0 Å². The standard InChI is InChI=1S/C15H31N.FH/c1-3-5-7-8-12-16-13-9-11-15(14-16)10-6-4-2;/h15H,3-14H2,1-2H3;1H. The molecule has 0 aromatic carbocycles. The van der Waals surface area contributed by atoms with Crippen LogP contribution in [-0.4, -0.2) is 19.6 Å². The van der Waals surface area contributed by atoms with Crippen LogP contribution in [0.25, 0.3) is 0 Å². The molecule has 0 radical (unpaired) electrons. The first-order chi connectivity index (χ1) is 7.86. The highest BCUT2D eigenvalue weighted by atomic mass is 19.0. The topological polar surface area (TPSA) is 4.44 Å². The lowest BCUT2D eigenvalue weighted by Crippen LogP contribution is -3.13. The van der Waals surface area contributed by atoms with Crippen LogP contribution in [0.15, 0.2) is 0 Å². The lowest BCUT2D eigenvalue weighted by Gasteiger charge is -2.30. The van der Waals surface area contributed by atoms with E-state index in [1.165, 1.54) is 77.4 Å². The number of hydrogen-bond acceptors (Lipinski definition) is 0. The molecule has 1 fully saturated rings. The van der Waals surface area contributed by atoms with Crippen LogP contribution in [0.1, 0.15) is 71.6 Å². The van der Waals surface area contributed by atoms with E-state index in [0.717, 1.165) is 5.92 Å². The summed E-state index contributed by atoms with van der Waals surface area (Å²) in [5.41, 5.74) is 0. The minimum absolute atomic E-state index is 0. The van der Waals surface area contributed by atoms with E-state index < -0.39 is 0 Å². The number of hydrogen-bond donors (Lipinski definition) is 1. The maximum Gasteiger partial charge on any atom is 0.0799 e. The fourth-order valence-electron chi connectivity index (χ4n) is 3.02. The first kappa shape index (κ1) is 16.9. The van der Waals surface area contributed by atoms with Gasteiger partial charge in [0.15, 0.2) is 0 Å². The predicted octanol–water partition coefficient (Wildman–Crippen LogP) is 0.0558. The summed E-state index contributed by atoms with van der Waals surface area (Å²) in [5, 5.41) is 0. The van der Waals surface area contributed by atoms with Crippen LogP contribution >= 0.6 is 0 Å². The molecule has 0 saturated carbocycles. The largest absolute Gasteiger partial charge is 1.00 e. The summed E-state index contributed by atoms with van der Waals surface area (Å²) in [5.74, 6) is 1.05. The minimum atomic E-state index is 0. The Hall–Kier alpha value is -0.110. The van der Waals surface area contributed by atoms with Gasteiger partial charge < -0.3 is 9.60 Å². The van der Waals surface area contributed by atoms with Crippen molar-refractivity contribution in [2.75, 3.05) is 19.6 Å². The van der Waals surface area contributed by atoms with E-state index in [0.29, 0.717) is 0 Å². The van der Waals surface area contributed by atoms with Crippen LogP contribution in [0.2, 0.25) is 0 Å². The molecule has 1 aliphatic rings. The fourth-order valence-corrected chi connectivity index (χ4v) is 3.02. The summed E-state index contributed by atoms with van der Waals surface area (Å²) in [6, 6.07) is 0. The molecule has 1 saturated heterocycles. The number of piperidine rings is 1. The Balaban J connectivity index is 0.00000256. The van der Waals surface area contributed by atoms with Crippen LogP contribution in [0.3, 0.4) is 0 Å². The number of likely N-dealkylation sites (tertiary alicyclic amines) is 1. The van der Waals surface area contributed by atoms with Crippen LogP contribution in [0.4, 0.5) is 0 Å². The summed E-state index contributed by atoms with van der Waals surface area (Å²) < 4.78 is 0. The number of quaternary nitrogens is 1. The molecule has 2 unspecified atom stereocenters. The van der Waals surface area contributed by atoms with E-state index in [1.54, 1.807) is 0 Å². The van der Waals surface area contributed by atoms with Crippen molar-refractivity contribution in [3.05, 3.63) is 0 Å². The number of rotatable bonds is 8. The predicted molar refractivity (Wildman–Crippen MR) is 72.0 cm³/mol. The molecule has 1 aliphatic heterocycles. The van der Waals surface area contributed by atoms with Gasteiger partial charge in [-0.25, -0.2) is 0 Å². The van der Waals surface area contributed by atoms with Crippen molar-refractivity contribution < 1.29 is 9.60 Å². The lowest BCUT2D eigenvalue weighted by molar-refractivity contribution is -0.909. The van der Waals surface area contributed by atoms with Gasteiger partial charge in [0.2, 0.25) is 0 Å². The average Bonchev–Trinajstić information content (AvgIpc) is 2.33. The summed E-state index contributed by atoms with van der Waals surface area (Å²) in [6.45, 7) is 9.00. The van der Waals surface area contributed by atoms with Gasteiger partial charge in [0.05, 0.1) is 19.6 Å². The summed E-state index contributed by atoms with van der Waals surface area (Å²) in [7, 11) is 0. The quantitative estimate of drug-likeness (QED) is 0.577. The molecule has 0 aromatic heterocycles. The Morgan fingerprint density at radius 2 is 1.76 bits per heavy atom. The lowest BCUT2D eigenvalue weighted by atomic mass is 9.93. The average molecular weight is 245 g/mol. The van der Waals surface area contributed by atoms with Gasteiger partial charge >= 0.3 is 0 Å². The Kier molecular flexibility index (Phi) is 10.9. The van der Waals surface area contributed by atoms with Crippen LogP contribution < -0.4 is 9.60 Å². The van der Waals surface area contributed by atoms with Crippen LogP contribution in [0.5, 0.6) is 0 Å². The molecule has 0 bridgehead atoms. The Morgan fingerprint density at radius 3 is 2.47 bits per heavy atom. The van der Waals surface area contributed by atoms with E-state index >= 15 is 0 Å². The second-order valence-corrected chi connectivity index (χ2v) is 5.67. The van der Waals surface area contributed by atoms with E-state index in [4.69, 9.17) is 0 Å². The molecule has 0 aliphatic carbocycles. The van der Waals surface area contributed by atoms with Crippen molar-refractivity contribution in [1.82, 2.24) is 0 Å². The van der Waals surface area contributed by atoms with Gasteiger partial charge in [-0.05, 0) is 32.1 Å². The zero-order valence-corrected chi connectivity index (χ0v) is 11.9. The van der Waals surface area contributed by atoms with E-state index in [-0.39, 0.29) is 4.70 Å². The molecule has 104 valence electrons. The van der Waals surface area contributed by atoms with Crippen molar-refractivity contribution in [3.8, 4) is 0 Å². The van der Waals surface area contributed by atoms with Gasteiger partial charge in [-0.1, -0.05) is 39.5 Å².